The normalized spacial score (nSPS) is 27.2. The predicted octanol–water partition coefficient (Wildman–Crippen LogP) is 3.26. The molecule has 3 aliphatic heterocycles. The Kier molecular flexibility index (Phi) is 13.1. The van der Waals surface area contributed by atoms with Crippen LogP contribution in [-0.2, 0) is 42.5 Å². The summed E-state index contributed by atoms with van der Waals surface area (Å²) < 4.78 is 17.7. The van der Waals surface area contributed by atoms with Crippen molar-refractivity contribution in [3.63, 3.8) is 0 Å². The summed E-state index contributed by atoms with van der Waals surface area (Å²) in [4.78, 5) is 45.9. The third kappa shape index (κ3) is 8.46. The molecule has 3 aliphatic rings. The van der Waals surface area contributed by atoms with Gasteiger partial charge in [0, 0.05) is 35.3 Å². The molecule has 0 aromatic heterocycles. The van der Waals surface area contributed by atoms with E-state index in [0.29, 0.717) is 39.8 Å². The molecule has 2 fully saturated rings. The van der Waals surface area contributed by atoms with Crippen molar-refractivity contribution < 1.29 is 54.1 Å². The minimum absolute atomic E-state index is 0.0199. The van der Waals surface area contributed by atoms with Crippen molar-refractivity contribution in [1.82, 2.24) is 4.90 Å². The number of fused-ring (bicyclic) bond motifs is 2. The molecule has 9 atom stereocenters. The lowest BCUT2D eigenvalue weighted by Gasteiger charge is -2.37. The van der Waals surface area contributed by atoms with Crippen molar-refractivity contribution in [2.24, 2.45) is 5.92 Å². The summed E-state index contributed by atoms with van der Waals surface area (Å²) in [6.45, 7) is 6.83. The van der Waals surface area contributed by atoms with Crippen molar-refractivity contribution in [2.75, 3.05) is 30.5 Å². The lowest BCUT2D eigenvalue weighted by molar-refractivity contribution is -0.274. The van der Waals surface area contributed by atoms with Crippen molar-refractivity contribution in [1.29, 1.82) is 0 Å². The predicted molar refractivity (Wildman–Crippen MR) is 230 cm³/mol. The molecule has 4 aromatic carbocycles. The highest BCUT2D eigenvalue weighted by Crippen LogP contribution is 2.60. The third-order valence-corrected chi connectivity index (χ3v) is 17.1. The molecule has 7 rings (SSSR count). The SMILES string of the molecule is COc1ccc([Si](C)(C)[C@@H]2[C@@H](CC(=O)N(CCO)Cc3ccccc3)O[C@]3(C(=O)N(Cc4ccc(NC(=O)[C@H]5O[C@@H](O)[C@H](O)[C@@H](O)[C@@H]5O)cc4)c4ccc(Cl)cc43)[C@H]2C)cc1. The number of ether oxygens (including phenoxy) is 3. The summed E-state index contributed by atoms with van der Waals surface area (Å²) in [5, 5.41) is 54.2. The summed E-state index contributed by atoms with van der Waals surface area (Å²) in [7, 11) is -0.995. The Hall–Kier alpha value is -4.68. The number of methoxy groups -OCH3 is 1. The molecule has 0 aliphatic carbocycles. The lowest BCUT2D eigenvalue weighted by Crippen LogP contribution is -2.60. The van der Waals surface area contributed by atoms with Crippen molar-refractivity contribution >= 4 is 54.0 Å². The van der Waals surface area contributed by atoms with Crippen LogP contribution in [0.15, 0.2) is 97.1 Å². The minimum Gasteiger partial charge on any atom is -0.497 e. The standard InChI is InChI=1S/C45H52ClN3O11Si/c1-26-41(61(3,4)32-17-15-31(58-2)16-18-32)35(23-36(51)48(20-21-50)24-27-8-6-5-7-9-27)60-45(26)33-22-29(46)12-19-34(33)49(44(45)57)25-28-10-13-30(14-11-28)47-42(55)40-38(53)37(52)39(54)43(56)59-40/h5-19,22,26,35,37-41,43,50,52-54,56H,20-21,23-25H2,1-4H3,(H,47,55)/t26-,35+,37-,38-,39+,40-,41-,43+,45+/m0/s1. The smallest absolute Gasteiger partial charge is 0.264 e. The number of aliphatic hydroxyl groups is 5. The molecule has 2 saturated heterocycles. The Labute approximate surface area is 360 Å². The van der Waals surface area contributed by atoms with Crippen molar-refractivity contribution in [3.05, 3.63) is 119 Å². The minimum atomic E-state index is -2.61. The zero-order chi connectivity index (χ0) is 43.8. The number of rotatable bonds is 13. The first-order valence-corrected chi connectivity index (χ1v) is 23.7. The highest BCUT2D eigenvalue weighted by Gasteiger charge is 2.66. The van der Waals surface area contributed by atoms with E-state index >= 15 is 4.79 Å². The van der Waals surface area contributed by atoms with E-state index in [1.54, 1.807) is 59.4 Å². The Bertz CT molecular complexity index is 2220. The van der Waals surface area contributed by atoms with Gasteiger partial charge >= 0.3 is 0 Å². The van der Waals surface area contributed by atoms with Crippen LogP contribution in [0.25, 0.3) is 0 Å². The second kappa shape index (κ2) is 18.0. The zero-order valence-electron chi connectivity index (χ0n) is 34.3. The lowest BCUT2D eigenvalue weighted by atomic mass is 9.82. The van der Waals surface area contributed by atoms with Gasteiger partial charge in [-0.1, -0.05) is 91.4 Å². The van der Waals surface area contributed by atoms with Crippen LogP contribution in [0.2, 0.25) is 23.7 Å². The third-order valence-electron chi connectivity index (χ3n) is 12.5. The maximum atomic E-state index is 15.3. The molecule has 0 bridgehead atoms. The molecule has 6 N–H and O–H groups in total. The van der Waals surface area contributed by atoms with Crippen LogP contribution >= 0.6 is 11.6 Å². The Morgan fingerprint density at radius 2 is 1.61 bits per heavy atom. The van der Waals surface area contributed by atoms with Gasteiger partial charge in [0.1, 0.15) is 24.1 Å². The van der Waals surface area contributed by atoms with Crippen LogP contribution < -0.4 is 20.1 Å². The van der Waals surface area contributed by atoms with E-state index in [9.17, 15) is 35.1 Å². The van der Waals surface area contributed by atoms with E-state index in [2.05, 4.69) is 30.5 Å². The zero-order valence-corrected chi connectivity index (χ0v) is 36.1. The van der Waals surface area contributed by atoms with Gasteiger partial charge in [0.05, 0.1) is 46.5 Å². The molecule has 1 spiro atoms. The maximum absolute atomic E-state index is 15.3. The van der Waals surface area contributed by atoms with Crippen LogP contribution in [0.3, 0.4) is 0 Å². The number of nitrogens with one attached hydrogen (secondary N) is 1. The molecule has 4 aromatic rings. The summed E-state index contributed by atoms with van der Waals surface area (Å²) in [6, 6.07) is 29.5. The monoisotopic (exact) mass is 873 g/mol. The summed E-state index contributed by atoms with van der Waals surface area (Å²) in [5.41, 5.74) is 1.42. The largest absolute Gasteiger partial charge is 0.497 e. The van der Waals surface area contributed by atoms with Crippen LogP contribution in [0.1, 0.15) is 30.0 Å². The first-order valence-electron chi connectivity index (χ1n) is 20.2. The van der Waals surface area contributed by atoms with Gasteiger partial charge in [-0.15, -0.1) is 0 Å². The van der Waals surface area contributed by atoms with Gasteiger partial charge in [0.15, 0.2) is 18.0 Å². The Morgan fingerprint density at radius 3 is 2.26 bits per heavy atom. The molecule has 0 radical (unpaired) electrons. The fourth-order valence-corrected chi connectivity index (χ4v) is 13.5. The number of carbonyl (C=O) groups excluding carboxylic acids is 3. The molecule has 16 heteroatoms. The van der Waals surface area contributed by atoms with Crippen LogP contribution in [0.4, 0.5) is 11.4 Å². The number of anilines is 2. The number of nitrogens with zero attached hydrogens (tertiary/aromatic N) is 2. The van der Waals surface area contributed by atoms with Crippen LogP contribution in [0.5, 0.6) is 5.75 Å². The number of aliphatic hydroxyl groups excluding tert-OH is 5. The van der Waals surface area contributed by atoms with Crippen LogP contribution in [0, 0.1) is 5.92 Å². The molecule has 0 unspecified atom stereocenters. The van der Waals surface area contributed by atoms with Gasteiger partial charge in [0.25, 0.3) is 11.8 Å². The number of hydrogen-bond donors (Lipinski definition) is 6. The molecule has 0 saturated carbocycles. The van der Waals surface area contributed by atoms with Gasteiger partial charge in [-0.3, -0.25) is 14.4 Å². The molecule has 14 nitrogen and oxygen atoms in total. The van der Waals surface area contributed by atoms with Gasteiger partial charge < -0.3 is 54.9 Å². The number of carbonyl (C=O) groups is 3. The molecule has 61 heavy (non-hydrogen) atoms. The Morgan fingerprint density at radius 1 is 0.918 bits per heavy atom. The van der Waals surface area contributed by atoms with Crippen molar-refractivity contribution in [2.45, 2.75) is 87.5 Å². The molecular formula is C45H52ClN3O11Si. The van der Waals surface area contributed by atoms with Crippen LogP contribution in [-0.4, -0.2) is 113 Å². The molecular weight excluding hydrogens is 822 g/mol. The van der Waals surface area contributed by atoms with E-state index in [4.69, 9.17) is 25.8 Å². The average molecular weight is 874 g/mol. The van der Waals surface area contributed by atoms with Gasteiger partial charge in [0.2, 0.25) is 5.91 Å². The fourth-order valence-electron chi connectivity index (χ4n) is 9.33. The first-order chi connectivity index (χ1) is 29.1. The highest BCUT2D eigenvalue weighted by atomic mass is 35.5. The molecule has 3 amide bonds. The summed E-state index contributed by atoms with van der Waals surface area (Å²) >= 11 is 6.69. The second-order valence-electron chi connectivity index (χ2n) is 16.5. The van der Waals surface area contributed by atoms with Gasteiger partial charge in [-0.2, -0.15) is 0 Å². The van der Waals surface area contributed by atoms with Gasteiger partial charge in [-0.25, -0.2) is 0 Å². The van der Waals surface area contributed by atoms with Crippen molar-refractivity contribution in [3.8, 4) is 5.75 Å². The number of halogens is 1. The second-order valence-corrected chi connectivity index (χ2v) is 21.7. The first kappa shape index (κ1) is 44.4. The van der Waals surface area contributed by atoms with Gasteiger partial charge in [-0.05, 0) is 59.1 Å². The quantitative estimate of drug-likeness (QED) is 0.108. The van der Waals surface area contributed by atoms with E-state index < -0.39 is 62.3 Å². The van der Waals surface area contributed by atoms with E-state index in [1.807, 2.05) is 49.4 Å². The highest BCUT2D eigenvalue weighted by molar-refractivity contribution is 6.91. The van der Waals surface area contributed by atoms with E-state index in [-0.39, 0.29) is 43.5 Å². The van der Waals surface area contributed by atoms with E-state index in [1.165, 1.54) is 0 Å². The average Bonchev–Trinajstić information content (AvgIpc) is 3.67. The fraction of sp³-hybridized carbons (Fsp3) is 0.400. The topological polar surface area (TPSA) is 199 Å². The number of amides is 3. The molecule has 3 heterocycles. The summed E-state index contributed by atoms with van der Waals surface area (Å²) in [6.07, 6.45) is -9.58. The molecule has 324 valence electrons. The maximum Gasteiger partial charge on any atom is 0.264 e. The Balaban J connectivity index is 1.19. The number of hydrogen-bond acceptors (Lipinski definition) is 11. The van der Waals surface area contributed by atoms with E-state index in [0.717, 1.165) is 10.8 Å². The summed E-state index contributed by atoms with van der Waals surface area (Å²) in [5.74, 6) is -1.05. The number of benzene rings is 4.